The number of aromatic nitrogens is 4. The number of ether oxygens (including phenoxy) is 1. The van der Waals surface area contributed by atoms with Crippen molar-refractivity contribution in [3.05, 3.63) is 35.7 Å². The van der Waals surface area contributed by atoms with E-state index in [4.69, 9.17) is 4.74 Å². The number of nitrogens with one attached hydrogen (secondary N) is 1. The van der Waals surface area contributed by atoms with E-state index in [0.29, 0.717) is 67.1 Å². The van der Waals surface area contributed by atoms with Gasteiger partial charge in [-0.1, -0.05) is 17.9 Å². The summed E-state index contributed by atoms with van der Waals surface area (Å²) in [6.07, 6.45) is 1.65. The number of hydrogen-bond acceptors (Lipinski definition) is 10. The monoisotopic (exact) mass is 665 g/mol. The van der Waals surface area contributed by atoms with E-state index in [1.54, 1.807) is 33.5 Å². The summed E-state index contributed by atoms with van der Waals surface area (Å²) in [4.78, 5) is 25.5. The molecule has 6 rings (SSSR count). The highest BCUT2D eigenvalue weighted by Crippen LogP contribution is 2.38. The van der Waals surface area contributed by atoms with Crippen molar-refractivity contribution < 1.29 is 26.7 Å². The molecule has 1 atom stereocenters. The van der Waals surface area contributed by atoms with Gasteiger partial charge in [0.2, 0.25) is 10.0 Å². The first-order valence-corrected chi connectivity index (χ1v) is 17.0. The number of urea groups is 1. The van der Waals surface area contributed by atoms with Gasteiger partial charge >= 0.3 is 6.03 Å². The third-order valence-electron chi connectivity index (χ3n) is 8.65. The number of sulfonamides is 1. The first kappa shape index (κ1) is 31.7. The summed E-state index contributed by atoms with van der Waals surface area (Å²) >= 11 is 0.701. The summed E-state index contributed by atoms with van der Waals surface area (Å²) in [6.45, 7) is 11.3. The summed E-state index contributed by atoms with van der Waals surface area (Å²) in [5.74, 6) is 0.200. The predicted octanol–water partition coefficient (Wildman–Crippen LogP) is 3.03. The molecule has 0 spiro atoms. The molecule has 5 heterocycles. The van der Waals surface area contributed by atoms with Crippen LogP contribution in [0.2, 0.25) is 0 Å². The molecular weight excluding hydrogens is 628 g/mol. The molecule has 45 heavy (non-hydrogen) atoms. The molecule has 17 heteroatoms. The lowest BCUT2D eigenvalue weighted by Crippen LogP contribution is -2.56. The number of nitrogens with zero attached hydrogens (tertiary/aromatic N) is 8. The van der Waals surface area contributed by atoms with Gasteiger partial charge in [0.1, 0.15) is 4.90 Å². The summed E-state index contributed by atoms with van der Waals surface area (Å²) in [5.41, 5.74) is 1.15. The number of fused-ring (bicyclic) bond motifs is 1. The van der Waals surface area contributed by atoms with Crippen molar-refractivity contribution in [3.63, 3.8) is 0 Å². The summed E-state index contributed by atoms with van der Waals surface area (Å²) in [7, 11) is -0.167. The highest BCUT2D eigenvalue weighted by molar-refractivity contribution is 7.89. The van der Waals surface area contributed by atoms with Crippen LogP contribution < -0.4 is 9.62 Å². The zero-order valence-electron chi connectivity index (χ0n) is 25.6. The second-order valence-corrected chi connectivity index (χ2v) is 15.0. The molecule has 0 radical (unpaired) electrons. The van der Waals surface area contributed by atoms with E-state index in [9.17, 15) is 22.0 Å². The molecule has 1 aliphatic carbocycles. The van der Waals surface area contributed by atoms with Crippen LogP contribution in [0.25, 0.3) is 16.3 Å². The molecule has 3 aromatic heterocycles. The Labute approximate surface area is 264 Å². The number of likely N-dealkylation sites (N-methyl/N-ethyl adjacent to an activating group) is 2. The number of pyridine rings is 1. The van der Waals surface area contributed by atoms with Crippen LogP contribution in [0, 0.1) is 0 Å². The number of piperazine rings is 1. The van der Waals surface area contributed by atoms with Crippen LogP contribution in [0.4, 0.5) is 19.3 Å². The van der Waals surface area contributed by atoms with Gasteiger partial charge in [-0.2, -0.15) is 0 Å². The summed E-state index contributed by atoms with van der Waals surface area (Å²) < 4.78 is 63.4. The fourth-order valence-electron chi connectivity index (χ4n) is 5.53. The Morgan fingerprint density at radius 1 is 1.27 bits per heavy atom. The number of hydrogen-bond donors (Lipinski definition) is 1. The Morgan fingerprint density at radius 2 is 2.00 bits per heavy atom. The van der Waals surface area contributed by atoms with Gasteiger partial charge in [-0.05, 0) is 39.8 Å². The van der Waals surface area contributed by atoms with Gasteiger partial charge in [-0.15, -0.1) is 10.2 Å². The molecule has 13 nitrogen and oxygen atoms in total. The summed E-state index contributed by atoms with van der Waals surface area (Å²) in [6, 6.07) is 1.50. The lowest BCUT2D eigenvalue weighted by Gasteiger charge is -2.44. The number of halogens is 2. The number of alkyl halides is 2. The Balaban J connectivity index is 1.29. The van der Waals surface area contributed by atoms with Crippen molar-refractivity contribution in [1.29, 1.82) is 0 Å². The van der Waals surface area contributed by atoms with Gasteiger partial charge in [0.05, 0.1) is 49.2 Å². The standard InChI is InChI=1S/C28H37F2N9O4S2/c1-17-12-37(13-18(2)39(17)27(40)36(5)9-8-35(4)19-15-43-16-19)21-10-20(45(41,42)34-28(3)6-7-28)14-38-22(21)11-31-24(38)26-33-32-25(44-26)23(29)30/h10-11,14,18-19,23,34H,1,6-9,12-13,15-16H2,2-5H3/t18-/m0/s1. The third-order valence-corrected chi connectivity index (χ3v) is 11.2. The molecule has 1 saturated carbocycles. The average Bonchev–Trinajstić information content (AvgIpc) is 3.31. The van der Waals surface area contributed by atoms with Crippen LogP contribution in [-0.2, 0) is 14.8 Å². The molecule has 2 amide bonds. The molecule has 0 bridgehead atoms. The number of anilines is 1. The van der Waals surface area contributed by atoms with E-state index in [1.807, 2.05) is 25.8 Å². The molecule has 3 fully saturated rings. The lowest BCUT2D eigenvalue weighted by atomic mass is 10.1. The first-order chi connectivity index (χ1) is 21.3. The van der Waals surface area contributed by atoms with Gasteiger partial charge < -0.3 is 14.5 Å². The molecule has 1 N–H and O–H groups in total. The molecule has 3 aliphatic rings. The minimum absolute atomic E-state index is 0.00606. The van der Waals surface area contributed by atoms with Gasteiger partial charge in [0.25, 0.3) is 6.43 Å². The van der Waals surface area contributed by atoms with Crippen LogP contribution in [-0.4, -0.2) is 120 Å². The highest BCUT2D eigenvalue weighted by Gasteiger charge is 2.42. The normalized spacial score (nSPS) is 20.4. The fraction of sp³-hybridized carbons (Fsp3) is 0.571. The van der Waals surface area contributed by atoms with Crippen molar-refractivity contribution in [2.45, 2.75) is 55.6 Å². The third kappa shape index (κ3) is 6.27. The topological polar surface area (TPSA) is 129 Å². The van der Waals surface area contributed by atoms with Gasteiger partial charge in [-0.25, -0.2) is 31.7 Å². The van der Waals surface area contributed by atoms with Crippen LogP contribution in [0.5, 0.6) is 0 Å². The van der Waals surface area contributed by atoms with Gasteiger partial charge in [0.15, 0.2) is 15.8 Å². The second-order valence-electron chi connectivity index (χ2n) is 12.4. The smallest absolute Gasteiger partial charge is 0.324 e. The van der Waals surface area contributed by atoms with E-state index >= 15 is 0 Å². The number of carbonyl (C=O) groups is 1. The zero-order chi connectivity index (χ0) is 32.3. The largest absolute Gasteiger partial charge is 0.378 e. The average molecular weight is 666 g/mol. The first-order valence-electron chi connectivity index (χ1n) is 14.7. The molecule has 244 valence electrons. The van der Waals surface area contributed by atoms with E-state index in [-0.39, 0.29) is 34.3 Å². The van der Waals surface area contributed by atoms with Crippen LogP contribution in [0.1, 0.15) is 38.1 Å². The summed E-state index contributed by atoms with van der Waals surface area (Å²) in [5, 5.41) is 7.17. The molecule has 0 aromatic carbocycles. The van der Waals surface area contributed by atoms with Gasteiger partial charge in [0, 0.05) is 44.1 Å². The van der Waals surface area contributed by atoms with Gasteiger partial charge in [-0.3, -0.25) is 14.2 Å². The van der Waals surface area contributed by atoms with E-state index < -0.39 is 27.0 Å². The maximum atomic E-state index is 13.6. The second kappa shape index (κ2) is 11.8. The molecule has 2 aliphatic heterocycles. The number of rotatable bonds is 10. The van der Waals surface area contributed by atoms with Crippen molar-refractivity contribution in [2.75, 3.05) is 58.4 Å². The van der Waals surface area contributed by atoms with E-state index in [0.717, 1.165) is 12.8 Å². The Morgan fingerprint density at radius 3 is 2.60 bits per heavy atom. The fourth-order valence-corrected chi connectivity index (χ4v) is 7.70. The van der Waals surface area contributed by atoms with Crippen molar-refractivity contribution in [3.8, 4) is 10.8 Å². The Hall–Kier alpha value is -3.25. The van der Waals surface area contributed by atoms with Crippen LogP contribution >= 0.6 is 11.3 Å². The maximum absolute atomic E-state index is 13.6. The molecular formula is C28H37F2N9O4S2. The minimum atomic E-state index is -3.96. The Kier molecular flexibility index (Phi) is 8.34. The maximum Gasteiger partial charge on any atom is 0.324 e. The molecule has 3 aromatic rings. The Bertz CT molecular complexity index is 1720. The number of carbonyl (C=O) groups excluding carboxylic acids is 1. The van der Waals surface area contributed by atoms with Crippen molar-refractivity contribution >= 4 is 38.6 Å². The van der Waals surface area contributed by atoms with Crippen molar-refractivity contribution in [2.24, 2.45) is 0 Å². The molecule has 0 unspecified atom stereocenters. The zero-order valence-corrected chi connectivity index (χ0v) is 27.2. The van der Waals surface area contributed by atoms with Crippen LogP contribution in [0.3, 0.4) is 0 Å². The van der Waals surface area contributed by atoms with E-state index in [1.165, 1.54) is 6.20 Å². The SMILES string of the molecule is C=C1CN(c2cc(S(=O)(=O)NC3(C)CC3)cn3c(-c4nnc(C(F)F)s4)ncc23)C[C@H](C)N1C(=O)N(C)CCN(C)C1COC1. The number of amides is 2. The predicted molar refractivity (Wildman–Crippen MR) is 165 cm³/mol. The van der Waals surface area contributed by atoms with Crippen LogP contribution in [0.15, 0.2) is 35.6 Å². The van der Waals surface area contributed by atoms with Crippen molar-refractivity contribution in [1.82, 2.24) is 39.0 Å². The minimum Gasteiger partial charge on any atom is -0.378 e. The number of imidazole rings is 1. The van der Waals surface area contributed by atoms with E-state index in [2.05, 4.69) is 31.4 Å². The lowest BCUT2D eigenvalue weighted by molar-refractivity contribution is -0.0567. The molecule has 2 saturated heterocycles. The highest BCUT2D eigenvalue weighted by atomic mass is 32.2. The quantitative estimate of drug-likeness (QED) is 0.348.